The quantitative estimate of drug-likeness (QED) is 0.805. The van der Waals surface area contributed by atoms with Gasteiger partial charge in [-0.1, -0.05) is 0 Å². The van der Waals surface area contributed by atoms with E-state index in [4.69, 9.17) is 0 Å². The lowest BCUT2D eigenvalue weighted by Crippen LogP contribution is -2.39. The number of likely N-dealkylation sites (tertiary alicyclic amines) is 1. The fourth-order valence-electron chi connectivity index (χ4n) is 4.16. The number of nitrogens with zero attached hydrogens (tertiary/aromatic N) is 7. The summed E-state index contributed by atoms with van der Waals surface area (Å²) in [7, 11) is 4.04. The SMILES string of the molecule is Cc1nn(C)c(C)c1C(=O)N1CCn2c(nnc2C2CCN(C)CC2)C1. The van der Waals surface area contributed by atoms with Crippen LogP contribution in [0.15, 0.2) is 0 Å². The summed E-state index contributed by atoms with van der Waals surface area (Å²) in [6.45, 7) is 8.04. The first kappa shape index (κ1) is 17.2. The second-order valence-electron chi connectivity index (χ2n) is 7.60. The highest BCUT2D eigenvalue weighted by Gasteiger charge is 2.31. The molecule has 0 aliphatic carbocycles. The van der Waals surface area contributed by atoms with Gasteiger partial charge in [-0.2, -0.15) is 5.10 Å². The molecule has 0 radical (unpaired) electrons. The van der Waals surface area contributed by atoms with Crippen LogP contribution in [0.1, 0.15) is 52.2 Å². The maximum Gasteiger partial charge on any atom is 0.258 e. The summed E-state index contributed by atoms with van der Waals surface area (Å²) in [6.07, 6.45) is 2.26. The van der Waals surface area contributed by atoms with E-state index in [1.807, 2.05) is 25.8 Å². The number of rotatable bonds is 2. The maximum atomic E-state index is 13.0. The van der Waals surface area contributed by atoms with Gasteiger partial charge in [0, 0.05) is 31.7 Å². The summed E-state index contributed by atoms with van der Waals surface area (Å²) in [4.78, 5) is 17.3. The molecule has 2 aliphatic rings. The molecule has 140 valence electrons. The Hall–Kier alpha value is -2.22. The highest BCUT2D eigenvalue weighted by atomic mass is 16.2. The molecule has 2 aromatic rings. The van der Waals surface area contributed by atoms with Gasteiger partial charge in [-0.15, -0.1) is 10.2 Å². The van der Waals surface area contributed by atoms with Crippen molar-refractivity contribution in [3.8, 4) is 0 Å². The summed E-state index contributed by atoms with van der Waals surface area (Å²) in [5.74, 6) is 2.53. The monoisotopic (exact) mass is 357 g/mol. The highest BCUT2D eigenvalue weighted by molar-refractivity contribution is 5.96. The molecule has 1 amide bonds. The lowest BCUT2D eigenvalue weighted by atomic mass is 9.96. The van der Waals surface area contributed by atoms with Crippen LogP contribution in [0.2, 0.25) is 0 Å². The van der Waals surface area contributed by atoms with Gasteiger partial charge in [-0.05, 0) is 46.8 Å². The predicted molar refractivity (Wildman–Crippen MR) is 96.9 cm³/mol. The summed E-state index contributed by atoms with van der Waals surface area (Å²) in [5.41, 5.74) is 2.41. The zero-order valence-corrected chi connectivity index (χ0v) is 16.1. The standard InChI is InChI=1S/C18H27N7O/c1-12-16(13(2)23(4)21-12)18(26)24-9-10-25-15(11-24)19-20-17(25)14-5-7-22(3)8-6-14/h14H,5-11H2,1-4H3. The van der Waals surface area contributed by atoms with Gasteiger partial charge < -0.3 is 14.4 Å². The van der Waals surface area contributed by atoms with Gasteiger partial charge in [-0.3, -0.25) is 9.48 Å². The molecule has 0 bridgehead atoms. The zero-order valence-electron chi connectivity index (χ0n) is 16.1. The average Bonchev–Trinajstić information content (AvgIpc) is 3.15. The number of amides is 1. The Kier molecular flexibility index (Phi) is 4.30. The Morgan fingerprint density at radius 2 is 1.77 bits per heavy atom. The molecule has 0 unspecified atom stereocenters. The van der Waals surface area contributed by atoms with Gasteiger partial charge in [0.05, 0.1) is 17.8 Å². The smallest absolute Gasteiger partial charge is 0.258 e. The van der Waals surface area contributed by atoms with E-state index in [2.05, 4.69) is 31.8 Å². The molecular formula is C18H27N7O. The Labute approximate surface area is 153 Å². The van der Waals surface area contributed by atoms with E-state index in [0.717, 1.165) is 61.1 Å². The highest BCUT2D eigenvalue weighted by Crippen LogP contribution is 2.28. The molecule has 8 nitrogen and oxygen atoms in total. The van der Waals surface area contributed by atoms with E-state index in [0.29, 0.717) is 19.0 Å². The number of piperidine rings is 1. The van der Waals surface area contributed by atoms with E-state index in [1.54, 1.807) is 4.68 Å². The molecule has 0 aromatic carbocycles. The minimum atomic E-state index is 0.0446. The molecule has 0 saturated carbocycles. The molecule has 26 heavy (non-hydrogen) atoms. The molecule has 4 heterocycles. The van der Waals surface area contributed by atoms with Crippen molar-refractivity contribution in [3.05, 3.63) is 28.6 Å². The van der Waals surface area contributed by atoms with Gasteiger partial charge >= 0.3 is 0 Å². The topological polar surface area (TPSA) is 72.1 Å². The van der Waals surface area contributed by atoms with E-state index < -0.39 is 0 Å². The molecule has 1 fully saturated rings. The molecule has 2 aromatic heterocycles. The van der Waals surface area contributed by atoms with E-state index in [9.17, 15) is 4.79 Å². The third kappa shape index (κ3) is 2.82. The van der Waals surface area contributed by atoms with Crippen molar-refractivity contribution in [1.29, 1.82) is 0 Å². The van der Waals surface area contributed by atoms with Crippen LogP contribution >= 0.6 is 0 Å². The van der Waals surface area contributed by atoms with Crippen LogP contribution in [0.4, 0.5) is 0 Å². The van der Waals surface area contributed by atoms with Gasteiger partial charge in [0.1, 0.15) is 5.82 Å². The van der Waals surface area contributed by atoms with Crippen LogP contribution in [0.25, 0.3) is 0 Å². The van der Waals surface area contributed by atoms with Crippen LogP contribution in [0, 0.1) is 13.8 Å². The summed E-state index contributed by atoms with van der Waals surface area (Å²) in [5, 5.41) is 13.3. The minimum Gasteiger partial charge on any atom is -0.329 e. The average molecular weight is 357 g/mol. The first-order valence-electron chi connectivity index (χ1n) is 9.35. The van der Waals surface area contributed by atoms with Crippen molar-refractivity contribution in [2.45, 2.75) is 45.7 Å². The fourth-order valence-corrected chi connectivity index (χ4v) is 4.16. The predicted octanol–water partition coefficient (Wildman–Crippen LogP) is 1.09. The molecule has 0 spiro atoms. The number of aromatic nitrogens is 5. The first-order chi connectivity index (χ1) is 12.5. The molecule has 0 atom stereocenters. The zero-order chi connectivity index (χ0) is 18.4. The molecule has 4 rings (SSSR count). The van der Waals surface area contributed by atoms with Gasteiger partial charge in [0.15, 0.2) is 5.82 Å². The molecule has 2 aliphatic heterocycles. The number of carbonyl (C=O) groups is 1. The normalized spacial score (nSPS) is 19.0. The van der Waals surface area contributed by atoms with E-state index in [1.165, 1.54) is 0 Å². The van der Waals surface area contributed by atoms with Crippen molar-refractivity contribution < 1.29 is 4.79 Å². The fraction of sp³-hybridized carbons (Fsp3) is 0.667. The van der Waals surface area contributed by atoms with Crippen molar-refractivity contribution in [1.82, 2.24) is 34.3 Å². The third-order valence-corrected chi connectivity index (χ3v) is 5.88. The third-order valence-electron chi connectivity index (χ3n) is 5.88. The lowest BCUT2D eigenvalue weighted by molar-refractivity contribution is 0.0704. The van der Waals surface area contributed by atoms with Crippen LogP contribution in [-0.2, 0) is 20.1 Å². The molecular weight excluding hydrogens is 330 g/mol. The first-order valence-corrected chi connectivity index (χ1v) is 9.35. The van der Waals surface area contributed by atoms with Crippen LogP contribution in [-0.4, -0.2) is 66.9 Å². The number of aryl methyl sites for hydroxylation is 2. The largest absolute Gasteiger partial charge is 0.329 e. The number of carbonyl (C=O) groups excluding carboxylic acids is 1. The Bertz CT molecular complexity index is 829. The second-order valence-corrected chi connectivity index (χ2v) is 7.60. The van der Waals surface area contributed by atoms with E-state index >= 15 is 0 Å². The van der Waals surface area contributed by atoms with Crippen LogP contribution in [0.5, 0.6) is 0 Å². The van der Waals surface area contributed by atoms with Crippen LogP contribution < -0.4 is 0 Å². The number of hydrogen-bond acceptors (Lipinski definition) is 5. The van der Waals surface area contributed by atoms with Crippen molar-refractivity contribution in [2.24, 2.45) is 7.05 Å². The van der Waals surface area contributed by atoms with Gasteiger partial charge in [-0.25, -0.2) is 0 Å². The summed E-state index contributed by atoms with van der Waals surface area (Å²) >= 11 is 0. The molecule has 8 heteroatoms. The molecule has 0 N–H and O–H groups in total. The number of hydrogen-bond donors (Lipinski definition) is 0. The summed E-state index contributed by atoms with van der Waals surface area (Å²) < 4.78 is 4.01. The van der Waals surface area contributed by atoms with Crippen molar-refractivity contribution in [2.75, 3.05) is 26.7 Å². The van der Waals surface area contributed by atoms with Crippen molar-refractivity contribution >= 4 is 5.91 Å². The number of fused-ring (bicyclic) bond motifs is 1. The molecule has 1 saturated heterocycles. The van der Waals surface area contributed by atoms with Gasteiger partial charge in [0.2, 0.25) is 0 Å². The van der Waals surface area contributed by atoms with Crippen molar-refractivity contribution in [3.63, 3.8) is 0 Å². The lowest BCUT2D eigenvalue weighted by Gasteiger charge is -2.31. The Balaban J connectivity index is 1.53. The summed E-state index contributed by atoms with van der Waals surface area (Å²) in [6, 6.07) is 0. The van der Waals surface area contributed by atoms with E-state index in [-0.39, 0.29) is 5.91 Å². The second kappa shape index (κ2) is 6.50. The Morgan fingerprint density at radius 1 is 1.04 bits per heavy atom. The maximum absolute atomic E-state index is 13.0. The Morgan fingerprint density at radius 3 is 2.42 bits per heavy atom. The van der Waals surface area contributed by atoms with Crippen LogP contribution in [0.3, 0.4) is 0 Å². The van der Waals surface area contributed by atoms with Gasteiger partial charge in [0.25, 0.3) is 5.91 Å². The minimum absolute atomic E-state index is 0.0446.